The van der Waals surface area contributed by atoms with Gasteiger partial charge in [-0.3, -0.25) is 0 Å². The van der Waals surface area contributed by atoms with Crippen LogP contribution in [0.4, 0.5) is 0 Å². The smallest absolute Gasteiger partial charge is 0.0696 e. The largest absolute Gasteiger partial charge is 0.384 e. The second kappa shape index (κ2) is 8.10. The van der Waals surface area contributed by atoms with E-state index in [-0.39, 0.29) is 18.1 Å². The van der Waals surface area contributed by atoms with E-state index in [1.807, 2.05) is 0 Å². The molecule has 0 aromatic heterocycles. The van der Waals surface area contributed by atoms with E-state index >= 15 is 0 Å². The van der Waals surface area contributed by atoms with Gasteiger partial charge in [0.05, 0.1) is 25.4 Å². The third-order valence-electron chi connectivity index (χ3n) is 4.19. The minimum absolute atomic E-state index is 0.151. The maximum Gasteiger partial charge on any atom is 0.0696 e. The molecule has 1 fully saturated rings. The van der Waals surface area contributed by atoms with E-state index in [9.17, 15) is 0 Å². The summed E-state index contributed by atoms with van der Waals surface area (Å²) in [5.41, 5.74) is 0. The molecule has 4 heteroatoms. The van der Waals surface area contributed by atoms with Gasteiger partial charge in [0.15, 0.2) is 0 Å². The number of ether oxygens (including phenoxy) is 4. The van der Waals surface area contributed by atoms with Gasteiger partial charge >= 0.3 is 0 Å². The molecule has 4 unspecified atom stereocenters. The van der Waals surface area contributed by atoms with E-state index < -0.39 is 0 Å². The molecule has 0 spiro atoms. The van der Waals surface area contributed by atoms with Gasteiger partial charge in [0.1, 0.15) is 0 Å². The van der Waals surface area contributed by atoms with Crippen molar-refractivity contribution in [2.45, 2.75) is 32.0 Å². The van der Waals surface area contributed by atoms with Crippen LogP contribution in [-0.4, -0.2) is 53.9 Å². The zero-order valence-corrected chi connectivity index (χ0v) is 12.3. The summed E-state index contributed by atoms with van der Waals surface area (Å²) in [6, 6.07) is 0. The lowest BCUT2D eigenvalue weighted by Crippen LogP contribution is -2.51. The lowest BCUT2D eigenvalue weighted by molar-refractivity contribution is -0.145. The van der Waals surface area contributed by atoms with Crippen molar-refractivity contribution < 1.29 is 18.9 Å². The predicted octanol–water partition coefficient (Wildman–Crippen LogP) is 1.97. The first-order chi connectivity index (χ1) is 8.73. The molecule has 0 N–H and O–H groups in total. The van der Waals surface area contributed by atoms with Crippen molar-refractivity contribution in [3.05, 3.63) is 0 Å². The second-order valence-electron chi connectivity index (χ2n) is 5.14. The van der Waals surface area contributed by atoms with Crippen molar-refractivity contribution in [3.63, 3.8) is 0 Å². The van der Waals surface area contributed by atoms with Gasteiger partial charge in [-0.2, -0.15) is 0 Å². The van der Waals surface area contributed by atoms with Crippen molar-refractivity contribution in [1.29, 1.82) is 0 Å². The number of hydrogen-bond donors (Lipinski definition) is 0. The molecule has 0 bridgehead atoms. The molecule has 0 aliphatic heterocycles. The van der Waals surface area contributed by atoms with Crippen LogP contribution in [0.2, 0.25) is 0 Å². The molecular formula is C14H28O4. The van der Waals surface area contributed by atoms with E-state index in [1.54, 1.807) is 28.4 Å². The molecule has 108 valence electrons. The molecule has 0 radical (unpaired) electrons. The quantitative estimate of drug-likeness (QED) is 0.701. The van der Waals surface area contributed by atoms with E-state index in [2.05, 4.69) is 6.92 Å². The van der Waals surface area contributed by atoms with Crippen LogP contribution in [0.3, 0.4) is 0 Å². The lowest BCUT2D eigenvalue weighted by atomic mass is 9.70. The Labute approximate surface area is 111 Å². The summed E-state index contributed by atoms with van der Waals surface area (Å²) in [5, 5.41) is 0. The van der Waals surface area contributed by atoms with Crippen LogP contribution in [0.1, 0.15) is 19.8 Å². The average Bonchev–Trinajstić information content (AvgIpc) is 2.39. The summed E-state index contributed by atoms with van der Waals surface area (Å²) in [4.78, 5) is 0. The molecule has 5 atom stereocenters. The lowest BCUT2D eigenvalue weighted by Gasteiger charge is -2.45. The summed E-state index contributed by atoms with van der Waals surface area (Å²) >= 11 is 0. The van der Waals surface area contributed by atoms with Crippen LogP contribution < -0.4 is 0 Å². The van der Waals surface area contributed by atoms with Crippen LogP contribution in [0, 0.1) is 17.8 Å². The van der Waals surface area contributed by atoms with E-state index in [1.165, 1.54) is 0 Å². The average molecular weight is 260 g/mol. The first-order valence-corrected chi connectivity index (χ1v) is 6.76. The standard InChI is InChI=1S/C14H28O4/c1-6-10-7-11(8-15-2)14(18-5)12(9-16-3)13(10)17-4/h10-14H,6-9H2,1-5H3/t10?,11-,12?,13?,14?/m1/s1. The van der Waals surface area contributed by atoms with Crippen molar-refractivity contribution >= 4 is 0 Å². The Morgan fingerprint density at radius 2 is 1.39 bits per heavy atom. The third-order valence-corrected chi connectivity index (χ3v) is 4.19. The highest BCUT2D eigenvalue weighted by Crippen LogP contribution is 2.39. The van der Waals surface area contributed by atoms with Gasteiger partial charge in [-0.1, -0.05) is 13.3 Å². The molecule has 0 heterocycles. The van der Waals surface area contributed by atoms with Crippen LogP contribution in [-0.2, 0) is 18.9 Å². The van der Waals surface area contributed by atoms with Crippen LogP contribution >= 0.6 is 0 Å². The van der Waals surface area contributed by atoms with Gasteiger partial charge in [0, 0.05) is 40.3 Å². The Hall–Kier alpha value is -0.160. The Kier molecular flexibility index (Phi) is 7.15. The zero-order valence-electron chi connectivity index (χ0n) is 12.3. The van der Waals surface area contributed by atoms with Crippen LogP contribution in [0.15, 0.2) is 0 Å². The first kappa shape index (κ1) is 15.9. The molecule has 1 rings (SSSR count). The minimum Gasteiger partial charge on any atom is -0.384 e. The molecule has 4 nitrogen and oxygen atoms in total. The van der Waals surface area contributed by atoms with E-state index in [0.717, 1.165) is 19.4 Å². The molecule has 18 heavy (non-hydrogen) atoms. The Morgan fingerprint density at radius 1 is 0.833 bits per heavy atom. The highest BCUT2D eigenvalue weighted by Gasteiger charge is 2.44. The molecule has 1 aliphatic carbocycles. The van der Waals surface area contributed by atoms with Crippen molar-refractivity contribution in [2.24, 2.45) is 17.8 Å². The Balaban J connectivity index is 2.87. The number of rotatable bonds is 7. The van der Waals surface area contributed by atoms with E-state index in [0.29, 0.717) is 18.4 Å². The fourth-order valence-electron chi connectivity index (χ4n) is 3.44. The first-order valence-electron chi connectivity index (χ1n) is 6.76. The Bertz CT molecular complexity index is 222. The molecule has 1 aliphatic rings. The summed E-state index contributed by atoms with van der Waals surface area (Å²) in [6.07, 6.45) is 2.59. The monoisotopic (exact) mass is 260 g/mol. The second-order valence-corrected chi connectivity index (χ2v) is 5.14. The maximum absolute atomic E-state index is 5.72. The molecule has 1 saturated carbocycles. The van der Waals surface area contributed by atoms with Gasteiger partial charge < -0.3 is 18.9 Å². The van der Waals surface area contributed by atoms with Crippen LogP contribution in [0.5, 0.6) is 0 Å². The highest BCUT2D eigenvalue weighted by molar-refractivity contribution is 4.93. The molecule has 0 aromatic rings. The molecule has 0 saturated heterocycles. The summed E-state index contributed by atoms with van der Waals surface area (Å²) in [5.74, 6) is 1.27. The van der Waals surface area contributed by atoms with Gasteiger partial charge in [-0.05, 0) is 12.3 Å². The van der Waals surface area contributed by atoms with Gasteiger partial charge in [-0.25, -0.2) is 0 Å². The minimum atomic E-state index is 0.151. The molecule has 0 aromatic carbocycles. The number of hydrogen-bond acceptors (Lipinski definition) is 4. The predicted molar refractivity (Wildman–Crippen MR) is 70.7 cm³/mol. The van der Waals surface area contributed by atoms with Crippen molar-refractivity contribution in [2.75, 3.05) is 41.7 Å². The summed E-state index contributed by atoms with van der Waals surface area (Å²) in [6.45, 7) is 3.64. The topological polar surface area (TPSA) is 36.9 Å². The van der Waals surface area contributed by atoms with E-state index in [4.69, 9.17) is 18.9 Å². The normalized spacial score (nSPS) is 36.8. The fraction of sp³-hybridized carbons (Fsp3) is 1.00. The van der Waals surface area contributed by atoms with Gasteiger partial charge in [0.2, 0.25) is 0 Å². The van der Waals surface area contributed by atoms with Gasteiger partial charge in [-0.15, -0.1) is 0 Å². The van der Waals surface area contributed by atoms with Crippen molar-refractivity contribution in [1.82, 2.24) is 0 Å². The zero-order chi connectivity index (χ0) is 13.5. The SMILES string of the molecule is CCC1C[C@H](COC)C(OC)C(COC)C1OC. The Morgan fingerprint density at radius 3 is 1.83 bits per heavy atom. The van der Waals surface area contributed by atoms with Crippen molar-refractivity contribution in [3.8, 4) is 0 Å². The molecule has 0 amide bonds. The highest BCUT2D eigenvalue weighted by atomic mass is 16.5. The summed E-state index contributed by atoms with van der Waals surface area (Å²) < 4.78 is 22.1. The number of methoxy groups -OCH3 is 4. The van der Waals surface area contributed by atoms with Gasteiger partial charge in [0.25, 0.3) is 0 Å². The molecular weight excluding hydrogens is 232 g/mol. The third kappa shape index (κ3) is 3.44. The summed E-state index contributed by atoms with van der Waals surface area (Å²) in [7, 11) is 7.05. The fourth-order valence-corrected chi connectivity index (χ4v) is 3.44. The van der Waals surface area contributed by atoms with Crippen LogP contribution in [0.25, 0.3) is 0 Å². The maximum atomic E-state index is 5.72.